The number of rotatable bonds is 6. The van der Waals surface area contributed by atoms with E-state index in [-0.39, 0.29) is 12.8 Å². The minimum absolute atomic E-state index is 0.0755. The van der Waals surface area contributed by atoms with Gasteiger partial charge in [0.2, 0.25) is 0 Å². The predicted molar refractivity (Wildman–Crippen MR) is 70.9 cm³/mol. The summed E-state index contributed by atoms with van der Waals surface area (Å²) < 4.78 is 35.3. The van der Waals surface area contributed by atoms with Crippen molar-refractivity contribution in [2.75, 3.05) is 14.2 Å². The fraction of sp³-hybridized carbons (Fsp3) is 0.357. The quantitative estimate of drug-likeness (QED) is 0.798. The largest absolute Gasteiger partial charge is 0.469 e. The Labute approximate surface area is 125 Å². The van der Waals surface area contributed by atoms with Crippen molar-refractivity contribution in [3.8, 4) is 0 Å². The Bertz CT molecular complexity index is 576. The zero-order valence-corrected chi connectivity index (χ0v) is 12.0. The van der Waals surface area contributed by atoms with Crippen molar-refractivity contribution in [1.29, 1.82) is 0 Å². The molecule has 0 saturated heterocycles. The van der Waals surface area contributed by atoms with Crippen LogP contribution in [-0.4, -0.2) is 38.1 Å². The molecular weight excluding hydrogens is 300 g/mol. The normalized spacial score (nSPS) is 11.5. The fourth-order valence-electron chi connectivity index (χ4n) is 1.67. The first-order valence-electron chi connectivity index (χ1n) is 6.29. The zero-order chi connectivity index (χ0) is 16.7. The monoisotopic (exact) mass is 315 g/mol. The molecule has 0 bridgehead atoms. The van der Waals surface area contributed by atoms with E-state index < -0.39 is 41.1 Å². The summed E-state index contributed by atoms with van der Waals surface area (Å²) in [6, 6.07) is 1.27. The molecule has 1 atom stereocenters. The lowest BCUT2D eigenvalue weighted by molar-refractivity contribution is -0.144. The first-order valence-corrected chi connectivity index (χ1v) is 6.29. The molecule has 22 heavy (non-hydrogen) atoms. The summed E-state index contributed by atoms with van der Waals surface area (Å²) in [4.78, 5) is 34.6. The van der Waals surface area contributed by atoms with Crippen LogP contribution in [0.15, 0.2) is 18.2 Å². The summed E-state index contributed by atoms with van der Waals surface area (Å²) in [6.45, 7) is 0. The second-order valence-corrected chi connectivity index (χ2v) is 4.29. The lowest BCUT2D eigenvalue weighted by Crippen LogP contribution is -2.42. The number of halogens is 2. The van der Waals surface area contributed by atoms with Crippen LogP contribution in [0.25, 0.3) is 0 Å². The van der Waals surface area contributed by atoms with Gasteiger partial charge in [0.1, 0.15) is 17.7 Å². The number of esters is 2. The standard InChI is InChI=1S/C14H15F2NO5/c1-21-12(18)6-5-11(14(20)22-2)17-13(19)9-4-3-8(15)7-10(9)16/h3-4,7,11H,5-6H2,1-2H3,(H,17,19)/t11-/m1/s1. The molecule has 1 rings (SSSR count). The van der Waals surface area contributed by atoms with Crippen molar-refractivity contribution in [3.05, 3.63) is 35.4 Å². The predicted octanol–water partition coefficient (Wildman–Crippen LogP) is 1.19. The molecule has 0 aromatic heterocycles. The highest BCUT2D eigenvalue weighted by Crippen LogP contribution is 2.11. The third kappa shape index (κ3) is 4.80. The summed E-state index contributed by atoms with van der Waals surface area (Å²) in [6.07, 6.45) is -0.212. The van der Waals surface area contributed by atoms with Gasteiger partial charge in [-0.2, -0.15) is 0 Å². The summed E-state index contributed by atoms with van der Waals surface area (Å²) in [5, 5.41) is 2.24. The first-order chi connectivity index (χ1) is 10.4. The minimum Gasteiger partial charge on any atom is -0.469 e. The molecular formula is C14H15F2NO5. The second kappa shape index (κ2) is 8.06. The molecule has 0 unspecified atom stereocenters. The van der Waals surface area contributed by atoms with Crippen LogP contribution >= 0.6 is 0 Å². The van der Waals surface area contributed by atoms with E-state index in [1.807, 2.05) is 0 Å². The van der Waals surface area contributed by atoms with Crippen molar-refractivity contribution < 1.29 is 32.6 Å². The van der Waals surface area contributed by atoms with Crippen molar-refractivity contribution in [3.63, 3.8) is 0 Å². The van der Waals surface area contributed by atoms with Crippen LogP contribution in [0.1, 0.15) is 23.2 Å². The van der Waals surface area contributed by atoms with Crippen LogP contribution in [0.3, 0.4) is 0 Å². The van der Waals surface area contributed by atoms with Crippen molar-refractivity contribution in [2.45, 2.75) is 18.9 Å². The van der Waals surface area contributed by atoms with Gasteiger partial charge in [0.05, 0.1) is 19.8 Å². The van der Waals surface area contributed by atoms with Gasteiger partial charge in [-0.05, 0) is 18.6 Å². The number of amides is 1. The maximum atomic E-state index is 13.5. The van der Waals surface area contributed by atoms with Crippen LogP contribution in [0.2, 0.25) is 0 Å². The molecule has 0 saturated carbocycles. The molecule has 0 heterocycles. The number of ether oxygens (including phenoxy) is 2. The van der Waals surface area contributed by atoms with E-state index in [2.05, 4.69) is 14.8 Å². The third-order valence-electron chi connectivity index (χ3n) is 2.83. The van der Waals surface area contributed by atoms with Crippen molar-refractivity contribution in [1.82, 2.24) is 5.32 Å². The molecule has 0 radical (unpaired) electrons. The van der Waals surface area contributed by atoms with Crippen molar-refractivity contribution >= 4 is 17.8 Å². The van der Waals surface area contributed by atoms with E-state index in [9.17, 15) is 23.2 Å². The Balaban J connectivity index is 2.81. The number of methoxy groups -OCH3 is 2. The molecule has 0 aliphatic heterocycles. The molecule has 0 fully saturated rings. The van der Waals surface area contributed by atoms with Gasteiger partial charge >= 0.3 is 11.9 Å². The highest BCUT2D eigenvalue weighted by Gasteiger charge is 2.24. The molecule has 8 heteroatoms. The fourth-order valence-corrected chi connectivity index (χ4v) is 1.67. The molecule has 0 spiro atoms. The Morgan fingerprint density at radius 3 is 2.41 bits per heavy atom. The molecule has 1 aromatic carbocycles. The number of nitrogens with one attached hydrogen (secondary N) is 1. The van der Waals surface area contributed by atoms with Crippen LogP contribution < -0.4 is 5.32 Å². The van der Waals surface area contributed by atoms with Crippen LogP contribution in [0.5, 0.6) is 0 Å². The van der Waals surface area contributed by atoms with Crippen molar-refractivity contribution in [2.24, 2.45) is 0 Å². The van der Waals surface area contributed by atoms with Gasteiger partial charge in [-0.3, -0.25) is 9.59 Å². The van der Waals surface area contributed by atoms with E-state index in [0.717, 1.165) is 19.2 Å². The Morgan fingerprint density at radius 1 is 1.18 bits per heavy atom. The topological polar surface area (TPSA) is 81.7 Å². The van der Waals surface area contributed by atoms with E-state index >= 15 is 0 Å². The van der Waals surface area contributed by atoms with Crippen LogP contribution in [-0.2, 0) is 19.1 Å². The van der Waals surface area contributed by atoms with E-state index in [1.54, 1.807) is 0 Å². The van der Waals surface area contributed by atoms with E-state index in [1.165, 1.54) is 7.11 Å². The SMILES string of the molecule is COC(=O)CC[C@@H](NC(=O)c1ccc(F)cc1F)C(=O)OC. The lowest BCUT2D eigenvalue weighted by atomic mass is 10.1. The third-order valence-corrected chi connectivity index (χ3v) is 2.83. The Hall–Kier alpha value is -2.51. The van der Waals surface area contributed by atoms with Gasteiger partial charge in [-0.15, -0.1) is 0 Å². The number of hydrogen-bond acceptors (Lipinski definition) is 5. The maximum Gasteiger partial charge on any atom is 0.328 e. The summed E-state index contributed by atoms with van der Waals surface area (Å²) in [5.41, 5.74) is -0.423. The van der Waals surface area contributed by atoms with Gasteiger partial charge < -0.3 is 14.8 Å². The zero-order valence-electron chi connectivity index (χ0n) is 12.0. The Kier molecular flexibility index (Phi) is 6.43. The average molecular weight is 315 g/mol. The number of carbonyl (C=O) groups is 3. The molecule has 1 N–H and O–H groups in total. The second-order valence-electron chi connectivity index (χ2n) is 4.29. The molecule has 120 valence electrons. The lowest BCUT2D eigenvalue weighted by Gasteiger charge is -2.16. The molecule has 0 aliphatic carbocycles. The summed E-state index contributed by atoms with van der Waals surface area (Å²) >= 11 is 0. The highest BCUT2D eigenvalue weighted by molar-refractivity contribution is 5.97. The van der Waals surface area contributed by atoms with Gasteiger partial charge in [0.15, 0.2) is 0 Å². The maximum absolute atomic E-state index is 13.5. The molecule has 0 aliphatic rings. The van der Waals surface area contributed by atoms with Crippen LogP contribution in [0, 0.1) is 11.6 Å². The molecule has 1 aromatic rings. The van der Waals surface area contributed by atoms with Gasteiger partial charge in [0, 0.05) is 12.5 Å². The minimum atomic E-state index is -1.15. The van der Waals surface area contributed by atoms with E-state index in [4.69, 9.17) is 0 Å². The van der Waals surface area contributed by atoms with Crippen LogP contribution in [0.4, 0.5) is 8.78 Å². The van der Waals surface area contributed by atoms with E-state index in [0.29, 0.717) is 6.07 Å². The average Bonchev–Trinajstić information content (AvgIpc) is 2.49. The first kappa shape index (κ1) is 17.5. The van der Waals surface area contributed by atoms with Gasteiger partial charge in [-0.25, -0.2) is 13.6 Å². The number of benzene rings is 1. The number of carbonyl (C=O) groups excluding carboxylic acids is 3. The summed E-state index contributed by atoms with van der Waals surface area (Å²) in [5.74, 6) is -4.17. The molecule has 6 nitrogen and oxygen atoms in total. The van der Waals surface area contributed by atoms with Gasteiger partial charge in [0.25, 0.3) is 5.91 Å². The molecule has 1 amide bonds. The smallest absolute Gasteiger partial charge is 0.328 e. The summed E-state index contributed by atoms with van der Waals surface area (Å²) in [7, 11) is 2.29. The number of hydrogen-bond donors (Lipinski definition) is 1. The van der Waals surface area contributed by atoms with Gasteiger partial charge in [-0.1, -0.05) is 0 Å². The Morgan fingerprint density at radius 2 is 1.86 bits per heavy atom. The highest BCUT2D eigenvalue weighted by atomic mass is 19.1.